The highest BCUT2D eigenvalue weighted by Crippen LogP contribution is 2.36. The fraction of sp³-hybridized carbons (Fsp3) is 0.438. The van der Waals surface area contributed by atoms with Crippen molar-refractivity contribution in [2.75, 3.05) is 13.7 Å². The van der Waals surface area contributed by atoms with Crippen molar-refractivity contribution in [2.45, 2.75) is 25.8 Å². The van der Waals surface area contributed by atoms with E-state index in [1.807, 2.05) is 30.3 Å². The largest absolute Gasteiger partial charge is 0.467 e. The van der Waals surface area contributed by atoms with E-state index in [-0.39, 0.29) is 6.61 Å². The molecule has 0 amide bonds. The van der Waals surface area contributed by atoms with E-state index in [0.717, 1.165) is 11.3 Å². The molecule has 1 aliphatic heterocycles. The van der Waals surface area contributed by atoms with Gasteiger partial charge in [0.25, 0.3) is 0 Å². The summed E-state index contributed by atoms with van der Waals surface area (Å²) < 4.78 is 9.91. The normalized spacial score (nSPS) is 24.3. The Labute approximate surface area is 124 Å². The number of benzene rings is 1. The standard InChI is InChI=1S/C16H19NO4/c1-4-21-14(18)12-10-13(11-8-6-5-7-9-11)17-16(12,2)15(19)20-3/h5-9,12H,4,10H2,1-3H3/t12?,16-/m0/s1. The Balaban J connectivity index is 2.38. The lowest BCUT2D eigenvalue weighted by Gasteiger charge is -2.24. The Kier molecular flexibility index (Phi) is 4.40. The maximum absolute atomic E-state index is 12.2. The molecular weight excluding hydrogens is 270 g/mol. The highest BCUT2D eigenvalue weighted by molar-refractivity contribution is 6.08. The van der Waals surface area contributed by atoms with Crippen LogP contribution in [0.3, 0.4) is 0 Å². The number of nitrogens with zero attached hydrogens (tertiary/aromatic N) is 1. The molecule has 0 fully saturated rings. The third-order valence-electron chi connectivity index (χ3n) is 3.72. The van der Waals surface area contributed by atoms with E-state index in [9.17, 15) is 9.59 Å². The van der Waals surface area contributed by atoms with Crippen LogP contribution in [0.25, 0.3) is 0 Å². The Bertz CT molecular complexity index is 567. The molecule has 1 aliphatic rings. The van der Waals surface area contributed by atoms with Gasteiger partial charge in [0.05, 0.1) is 19.6 Å². The maximum Gasteiger partial charge on any atom is 0.334 e. The molecule has 5 nitrogen and oxygen atoms in total. The van der Waals surface area contributed by atoms with Crippen LogP contribution < -0.4 is 0 Å². The van der Waals surface area contributed by atoms with E-state index >= 15 is 0 Å². The van der Waals surface area contributed by atoms with Gasteiger partial charge in [-0.1, -0.05) is 30.3 Å². The molecule has 0 aliphatic carbocycles. The van der Waals surface area contributed by atoms with E-state index in [0.29, 0.717) is 6.42 Å². The van der Waals surface area contributed by atoms with Crippen LogP contribution in [0.5, 0.6) is 0 Å². The van der Waals surface area contributed by atoms with Gasteiger partial charge in [0, 0.05) is 12.1 Å². The van der Waals surface area contributed by atoms with Crippen molar-refractivity contribution in [3.8, 4) is 0 Å². The van der Waals surface area contributed by atoms with Crippen molar-refractivity contribution < 1.29 is 19.1 Å². The molecule has 2 atom stereocenters. The fourth-order valence-electron chi connectivity index (χ4n) is 2.56. The summed E-state index contributed by atoms with van der Waals surface area (Å²) in [6, 6.07) is 9.51. The SMILES string of the molecule is CCOC(=O)C1CC(c2ccccc2)=N[C@]1(C)C(=O)OC. The Morgan fingerprint density at radius 1 is 1.33 bits per heavy atom. The molecule has 0 radical (unpaired) electrons. The average molecular weight is 289 g/mol. The third-order valence-corrected chi connectivity index (χ3v) is 3.72. The van der Waals surface area contributed by atoms with Gasteiger partial charge in [-0.05, 0) is 19.4 Å². The number of methoxy groups -OCH3 is 1. The number of carbonyl (C=O) groups excluding carboxylic acids is 2. The molecule has 2 rings (SSSR count). The van der Waals surface area contributed by atoms with Crippen LogP contribution in [0.15, 0.2) is 35.3 Å². The minimum Gasteiger partial charge on any atom is -0.467 e. The van der Waals surface area contributed by atoms with E-state index in [2.05, 4.69) is 4.99 Å². The van der Waals surface area contributed by atoms with Crippen LogP contribution in [0, 0.1) is 5.92 Å². The summed E-state index contributed by atoms with van der Waals surface area (Å²) >= 11 is 0. The smallest absolute Gasteiger partial charge is 0.334 e. The molecule has 0 saturated carbocycles. The van der Waals surface area contributed by atoms with Crippen molar-refractivity contribution in [3.05, 3.63) is 35.9 Å². The first-order valence-electron chi connectivity index (χ1n) is 6.92. The monoisotopic (exact) mass is 289 g/mol. The Hall–Kier alpha value is -2.17. The van der Waals surface area contributed by atoms with Crippen molar-refractivity contribution in [1.82, 2.24) is 0 Å². The van der Waals surface area contributed by atoms with Crippen LogP contribution in [-0.4, -0.2) is 36.9 Å². The Morgan fingerprint density at radius 2 is 2.00 bits per heavy atom. The van der Waals surface area contributed by atoms with Crippen molar-refractivity contribution >= 4 is 17.7 Å². The molecule has 0 N–H and O–H groups in total. The van der Waals surface area contributed by atoms with Crippen molar-refractivity contribution in [1.29, 1.82) is 0 Å². The lowest BCUT2D eigenvalue weighted by atomic mass is 9.85. The maximum atomic E-state index is 12.2. The first-order valence-corrected chi connectivity index (χ1v) is 6.92. The molecule has 0 spiro atoms. The molecule has 21 heavy (non-hydrogen) atoms. The molecule has 0 bridgehead atoms. The number of hydrogen-bond acceptors (Lipinski definition) is 5. The molecule has 1 aromatic carbocycles. The van der Waals surface area contributed by atoms with Crippen LogP contribution in [0.1, 0.15) is 25.8 Å². The van der Waals surface area contributed by atoms with Gasteiger partial charge >= 0.3 is 11.9 Å². The van der Waals surface area contributed by atoms with E-state index in [1.54, 1.807) is 13.8 Å². The zero-order chi connectivity index (χ0) is 15.5. The predicted molar refractivity (Wildman–Crippen MR) is 78.1 cm³/mol. The molecule has 0 saturated heterocycles. The number of carbonyl (C=O) groups is 2. The first-order chi connectivity index (χ1) is 10.0. The zero-order valence-electron chi connectivity index (χ0n) is 12.5. The molecule has 0 aromatic heterocycles. The number of esters is 2. The molecule has 1 unspecified atom stereocenters. The van der Waals surface area contributed by atoms with Gasteiger partial charge in [0.15, 0.2) is 5.54 Å². The molecule has 1 heterocycles. The quantitative estimate of drug-likeness (QED) is 0.795. The van der Waals surface area contributed by atoms with Gasteiger partial charge in [-0.25, -0.2) is 4.79 Å². The molecule has 1 aromatic rings. The minimum absolute atomic E-state index is 0.271. The Morgan fingerprint density at radius 3 is 2.57 bits per heavy atom. The average Bonchev–Trinajstić information content (AvgIpc) is 2.87. The van der Waals surface area contributed by atoms with E-state index < -0.39 is 23.4 Å². The first kappa shape index (κ1) is 15.2. The van der Waals surface area contributed by atoms with Gasteiger partial charge in [-0.3, -0.25) is 9.79 Å². The fourth-order valence-corrected chi connectivity index (χ4v) is 2.56. The van der Waals surface area contributed by atoms with Gasteiger partial charge < -0.3 is 9.47 Å². The second-order valence-electron chi connectivity index (χ2n) is 5.07. The molecule has 112 valence electrons. The second-order valence-corrected chi connectivity index (χ2v) is 5.07. The van der Waals surface area contributed by atoms with E-state index in [1.165, 1.54) is 7.11 Å². The highest BCUT2D eigenvalue weighted by atomic mass is 16.5. The van der Waals surface area contributed by atoms with Crippen molar-refractivity contribution in [3.63, 3.8) is 0 Å². The summed E-state index contributed by atoms with van der Waals surface area (Å²) in [5.41, 5.74) is 0.396. The van der Waals surface area contributed by atoms with Crippen LogP contribution in [0.4, 0.5) is 0 Å². The summed E-state index contributed by atoms with van der Waals surface area (Å²) in [5, 5.41) is 0. The lowest BCUT2D eigenvalue weighted by Crippen LogP contribution is -2.43. The molecule has 5 heteroatoms. The summed E-state index contributed by atoms with van der Waals surface area (Å²) in [6.07, 6.45) is 0.369. The topological polar surface area (TPSA) is 65.0 Å². The van der Waals surface area contributed by atoms with E-state index in [4.69, 9.17) is 9.47 Å². The van der Waals surface area contributed by atoms with Crippen LogP contribution >= 0.6 is 0 Å². The number of rotatable bonds is 4. The number of ether oxygens (including phenoxy) is 2. The van der Waals surface area contributed by atoms with Gasteiger partial charge in [0.1, 0.15) is 0 Å². The summed E-state index contributed by atoms with van der Waals surface area (Å²) in [5.74, 6) is -1.59. The second kappa shape index (κ2) is 6.08. The van der Waals surface area contributed by atoms with Crippen LogP contribution in [-0.2, 0) is 19.1 Å². The zero-order valence-corrected chi connectivity index (χ0v) is 12.5. The minimum atomic E-state index is -1.23. The number of aliphatic imine (C=N–C) groups is 1. The predicted octanol–water partition coefficient (Wildman–Crippen LogP) is 1.99. The number of hydrogen-bond donors (Lipinski definition) is 0. The summed E-state index contributed by atoms with van der Waals surface area (Å²) in [4.78, 5) is 28.7. The van der Waals surface area contributed by atoms with Gasteiger partial charge in [0.2, 0.25) is 0 Å². The van der Waals surface area contributed by atoms with Gasteiger partial charge in [-0.15, -0.1) is 0 Å². The van der Waals surface area contributed by atoms with Crippen LogP contribution in [0.2, 0.25) is 0 Å². The highest BCUT2D eigenvalue weighted by Gasteiger charge is 2.51. The summed E-state index contributed by atoms with van der Waals surface area (Å²) in [6.45, 7) is 3.63. The van der Waals surface area contributed by atoms with Gasteiger partial charge in [-0.2, -0.15) is 0 Å². The third kappa shape index (κ3) is 2.82. The summed E-state index contributed by atoms with van der Waals surface area (Å²) in [7, 11) is 1.30. The lowest BCUT2D eigenvalue weighted by molar-refractivity contribution is -0.158. The van der Waals surface area contributed by atoms with Crippen molar-refractivity contribution in [2.24, 2.45) is 10.9 Å². The molecular formula is C16H19NO4.